The summed E-state index contributed by atoms with van der Waals surface area (Å²) in [6.07, 6.45) is 1.96. The maximum absolute atomic E-state index is 13.1. The van der Waals surface area contributed by atoms with Crippen molar-refractivity contribution in [1.29, 1.82) is 0 Å². The van der Waals surface area contributed by atoms with Crippen molar-refractivity contribution >= 4 is 6.29 Å². The lowest BCUT2D eigenvalue weighted by Crippen LogP contribution is -1.98. The fourth-order valence-electron chi connectivity index (χ4n) is 0.953. The SMILES string of the molecule is CC(C)c1ncc(C=O)cc1F. The summed E-state index contributed by atoms with van der Waals surface area (Å²) in [5, 5.41) is 0. The van der Waals surface area contributed by atoms with Gasteiger partial charge in [-0.05, 0) is 12.0 Å². The number of carbonyl (C=O) groups excluding carboxylic acids is 1. The van der Waals surface area contributed by atoms with Crippen LogP contribution >= 0.6 is 0 Å². The summed E-state index contributed by atoms with van der Waals surface area (Å²) >= 11 is 0. The molecule has 0 saturated carbocycles. The first kappa shape index (κ1) is 8.84. The molecular weight excluding hydrogens is 157 g/mol. The van der Waals surface area contributed by atoms with Crippen molar-refractivity contribution in [2.24, 2.45) is 0 Å². The highest BCUT2D eigenvalue weighted by Crippen LogP contribution is 2.15. The van der Waals surface area contributed by atoms with Crippen molar-refractivity contribution in [3.05, 3.63) is 29.3 Å². The molecule has 0 N–H and O–H groups in total. The molecule has 0 unspecified atom stereocenters. The Morgan fingerprint density at radius 3 is 2.67 bits per heavy atom. The second kappa shape index (κ2) is 3.43. The van der Waals surface area contributed by atoms with Crippen LogP contribution in [0.1, 0.15) is 35.8 Å². The van der Waals surface area contributed by atoms with Crippen molar-refractivity contribution < 1.29 is 9.18 Å². The lowest BCUT2D eigenvalue weighted by molar-refractivity contribution is 0.112. The van der Waals surface area contributed by atoms with Crippen LogP contribution in [0.2, 0.25) is 0 Å². The number of hydrogen-bond acceptors (Lipinski definition) is 2. The number of pyridine rings is 1. The zero-order valence-corrected chi connectivity index (χ0v) is 7.04. The monoisotopic (exact) mass is 167 g/mol. The molecule has 0 aromatic carbocycles. The van der Waals surface area contributed by atoms with Gasteiger partial charge in [-0.3, -0.25) is 9.78 Å². The summed E-state index contributed by atoms with van der Waals surface area (Å²) in [7, 11) is 0. The predicted octanol–water partition coefficient (Wildman–Crippen LogP) is 2.16. The third kappa shape index (κ3) is 1.67. The summed E-state index contributed by atoms with van der Waals surface area (Å²) < 4.78 is 13.1. The van der Waals surface area contributed by atoms with Gasteiger partial charge in [0.1, 0.15) is 5.82 Å². The van der Waals surface area contributed by atoms with Crippen LogP contribution in [0.15, 0.2) is 12.3 Å². The minimum atomic E-state index is -0.408. The van der Waals surface area contributed by atoms with Crippen LogP contribution in [0.3, 0.4) is 0 Å². The van der Waals surface area contributed by atoms with Crippen LogP contribution in [0.5, 0.6) is 0 Å². The van der Waals surface area contributed by atoms with Gasteiger partial charge in [-0.25, -0.2) is 4.39 Å². The molecule has 0 amide bonds. The van der Waals surface area contributed by atoms with Gasteiger partial charge in [-0.1, -0.05) is 13.8 Å². The Balaban J connectivity index is 3.11. The van der Waals surface area contributed by atoms with Gasteiger partial charge < -0.3 is 0 Å². The molecule has 0 radical (unpaired) electrons. The summed E-state index contributed by atoms with van der Waals surface area (Å²) in [4.78, 5) is 14.1. The molecule has 12 heavy (non-hydrogen) atoms. The van der Waals surface area contributed by atoms with Crippen molar-refractivity contribution in [2.75, 3.05) is 0 Å². The Kier molecular flexibility index (Phi) is 2.53. The number of aldehydes is 1. The first-order valence-corrected chi connectivity index (χ1v) is 3.75. The fraction of sp³-hybridized carbons (Fsp3) is 0.333. The molecule has 3 heteroatoms. The van der Waals surface area contributed by atoms with Crippen molar-refractivity contribution in [3.8, 4) is 0 Å². The minimum absolute atomic E-state index is 0.0469. The zero-order valence-electron chi connectivity index (χ0n) is 7.04. The van der Waals surface area contributed by atoms with E-state index in [4.69, 9.17) is 0 Å². The predicted molar refractivity (Wildman–Crippen MR) is 43.7 cm³/mol. The maximum atomic E-state index is 13.1. The fourth-order valence-corrected chi connectivity index (χ4v) is 0.953. The van der Waals surface area contributed by atoms with E-state index >= 15 is 0 Å². The first-order valence-electron chi connectivity index (χ1n) is 3.75. The summed E-state index contributed by atoms with van der Waals surface area (Å²) in [6.45, 7) is 3.71. The number of carbonyl (C=O) groups is 1. The van der Waals surface area contributed by atoms with E-state index in [1.807, 2.05) is 13.8 Å². The first-order chi connectivity index (χ1) is 5.65. The van der Waals surface area contributed by atoms with E-state index in [1.165, 1.54) is 12.3 Å². The van der Waals surface area contributed by atoms with Crippen LogP contribution in [-0.2, 0) is 0 Å². The molecule has 1 heterocycles. The highest BCUT2D eigenvalue weighted by atomic mass is 19.1. The molecule has 64 valence electrons. The third-order valence-electron chi connectivity index (χ3n) is 1.57. The van der Waals surface area contributed by atoms with E-state index in [9.17, 15) is 9.18 Å². The molecule has 0 aliphatic rings. The number of hydrogen-bond donors (Lipinski definition) is 0. The van der Waals surface area contributed by atoms with Crippen LogP contribution < -0.4 is 0 Å². The normalized spacial score (nSPS) is 10.3. The van der Waals surface area contributed by atoms with Crippen molar-refractivity contribution in [2.45, 2.75) is 19.8 Å². The molecular formula is C9H10FNO. The molecule has 1 aromatic rings. The summed E-state index contributed by atoms with van der Waals surface area (Å²) in [5.74, 6) is -0.361. The Hall–Kier alpha value is -1.25. The average molecular weight is 167 g/mol. The molecule has 0 fully saturated rings. The lowest BCUT2D eigenvalue weighted by Gasteiger charge is -2.04. The van der Waals surface area contributed by atoms with E-state index < -0.39 is 5.82 Å². The Morgan fingerprint density at radius 2 is 2.25 bits per heavy atom. The molecule has 0 atom stereocenters. The van der Waals surface area contributed by atoms with Gasteiger partial charge in [-0.2, -0.15) is 0 Å². The Morgan fingerprint density at radius 1 is 1.58 bits per heavy atom. The minimum Gasteiger partial charge on any atom is -0.298 e. The van der Waals surface area contributed by atoms with E-state index in [0.717, 1.165) is 0 Å². The van der Waals surface area contributed by atoms with Gasteiger partial charge in [-0.15, -0.1) is 0 Å². The van der Waals surface area contributed by atoms with Gasteiger partial charge in [0.15, 0.2) is 6.29 Å². The number of halogens is 1. The van der Waals surface area contributed by atoms with Crippen LogP contribution in [-0.4, -0.2) is 11.3 Å². The number of nitrogens with zero attached hydrogens (tertiary/aromatic N) is 1. The van der Waals surface area contributed by atoms with E-state index in [2.05, 4.69) is 4.98 Å². The topological polar surface area (TPSA) is 30.0 Å². The standard InChI is InChI=1S/C9H10FNO/c1-6(2)9-8(10)3-7(5-12)4-11-9/h3-6H,1-2H3. The van der Waals surface area contributed by atoms with Gasteiger partial charge >= 0.3 is 0 Å². The van der Waals surface area contributed by atoms with E-state index in [1.54, 1.807) is 0 Å². The largest absolute Gasteiger partial charge is 0.298 e. The maximum Gasteiger partial charge on any atom is 0.151 e. The molecule has 1 rings (SSSR count). The average Bonchev–Trinajstić information content (AvgIpc) is 2.03. The van der Waals surface area contributed by atoms with Crippen LogP contribution in [0.25, 0.3) is 0 Å². The smallest absolute Gasteiger partial charge is 0.151 e. The van der Waals surface area contributed by atoms with Gasteiger partial charge in [0.05, 0.1) is 5.69 Å². The molecule has 2 nitrogen and oxygen atoms in total. The van der Waals surface area contributed by atoms with E-state index in [0.29, 0.717) is 12.0 Å². The van der Waals surface area contributed by atoms with Crippen LogP contribution in [0, 0.1) is 5.82 Å². The molecule has 0 spiro atoms. The molecule has 1 aromatic heterocycles. The molecule has 0 aliphatic heterocycles. The second-order valence-electron chi connectivity index (χ2n) is 2.91. The van der Waals surface area contributed by atoms with Gasteiger partial charge in [0, 0.05) is 11.8 Å². The molecule has 0 aliphatic carbocycles. The Labute approximate surface area is 70.4 Å². The van der Waals surface area contributed by atoms with Crippen molar-refractivity contribution in [3.63, 3.8) is 0 Å². The van der Waals surface area contributed by atoms with E-state index in [-0.39, 0.29) is 11.5 Å². The van der Waals surface area contributed by atoms with Crippen molar-refractivity contribution in [1.82, 2.24) is 4.98 Å². The van der Waals surface area contributed by atoms with Gasteiger partial charge in [0.25, 0.3) is 0 Å². The zero-order chi connectivity index (χ0) is 9.14. The number of rotatable bonds is 2. The highest BCUT2D eigenvalue weighted by Gasteiger charge is 2.07. The quantitative estimate of drug-likeness (QED) is 0.632. The Bertz CT molecular complexity index is 297. The second-order valence-corrected chi connectivity index (χ2v) is 2.91. The summed E-state index contributed by atoms with van der Waals surface area (Å²) in [6, 6.07) is 1.20. The highest BCUT2D eigenvalue weighted by molar-refractivity contribution is 5.74. The summed E-state index contributed by atoms with van der Waals surface area (Å²) in [5.41, 5.74) is 0.678. The van der Waals surface area contributed by atoms with Crippen LogP contribution in [0.4, 0.5) is 4.39 Å². The third-order valence-corrected chi connectivity index (χ3v) is 1.57. The molecule has 0 saturated heterocycles. The number of aromatic nitrogens is 1. The lowest BCUT2D eigenvalue weighted by atomic mass is 10.1. The van der Waals surface area contributed by atoms with Gasteiger partial charge in [0.2, 0.25) is 0 Å². The molecule has 0 bridgehead atoms.